The molecule has 1 fully saturated rings. The van der Waals surface area contributed by atoms with E-state index < -0.39 is 11.6 Å². The van der Waals surface area contributed by atoms with Gasteiger partial charge in [0.05, 0.1) is 5.69 Å². The maximum Gasteiger partial charge on any atom is 0.182 e. The van der Waals surface area contributed by atoms with E-state index in [0.29, 0.717) is 18.3 Å². The van der Waals surface area contributed by atoms with Gasteiger partial charge in [0.15, 0.2) is 11.6 Å². The van der Waals surface area contributed by atoms with Crippen molar-refractivity contribution >= 4 is 22.9 Å². The quantitative estimate of drug-likeness (QED) is 0.840. The first-order valence-electron chi connectivity index (χ1n) is 5.60. The zero-order chi connectivity index (χ0) is 12.6. The van der Waals surface area contributed by atoms with Crippen LogP contribution in [-0.2, 0) is 0 Å². The molecule has 0 amide bonds. The van der Waals surface area contributed by atoms with E-state index in [1.165, 1.54) is 6.07 Å². The third-order valence-electron chi connectivity index (χ3n) is 2.97. The van der Waals surface area contributed by atoms with Gasteiger partial charge in [0.1, 0.15) is 4.99 Å². The first-order valence-corrected chi connectivity index (χ1v) is 6.01. The van der Waals surface area contributed by atoms with Crippen LogP contribution in [0.3, 0.4) is 0 Å². The highest BCUT2D eigenvalue weighted by atomic mass is 32.1. The molecular formula is C12H14F2N2S. The molecule has 0 saturated heterocycles. The summed E-state index contributed by atoms with van der Waals surface area (Å²) in [5.74, 6) is -1.81. The third kappa shape index (κ3) is 2.24. The monoisotopic (exact) mass is 256 g/mol. The summed E-state index contributed by atoms with van der Waals surface area (Å²) in [6.45, 7) is 2.59. The molecule has 5 heteroatoms. The van der Waals surface area contributed by atoms with Gasteiger partial charge in [0.25, 0.3) is 0 Å². The summed E-state index contributed by atoms with van der Waals surface area (Å²) < 4.78 is 27.6. The third-order valence-corrected chi connectivity index (χ3v) is 3.19. The largest absolute Gasteiger partial charge is 0.389 e. The van der Waals surface area contributed by atoms with Gasteiger partial charge in [-0.15, -0.1) is 0 Å². The summed E-state index contributed by atoms with van der Waals surface area (Å²) >= 11 is 4.67. The molecular weight excluding hydrogens is 242 g/mol. The van der Waals surface area contributed by atoms with Crippen molar-refractivity contribution in [1.82, 2.24) is 0 Å². The lowest BCUT2D eigenvalue weighted by atomic mass is 10.1. The van der Waals surface area contributed by atoms with Crippen molar-refractivity contribution in [2.45, 2.75) is 25.8 Å². The van der Waals surface area contributed by atoms with Crippen LogP contribution in [0.4, 0.5) is 14.5 Å². The van der Waals surface area contributed by atoms with E-state index in [1.54, 1.807) is 6.07 Å². The van der Waals surface area contributed by atoms with Crippen molar-refractivity contribution in [1.29, 1.82) is 0 Å². The molecule has 17 heavy (non-hydrogen) atoms. The second-order valence-electron chi connectivity index (χ2n) is 4.14. The molecule has 0 aliphatic heterocycles. The minimum absolute atomic E-state index is 0.0342. The van der Waals surface area contributed by atoms with Crippen LogP contribution in [0.5, 0.6) is 0 Å². The highest BCUT2D eigenvalue weighted by Crippen LogP contribution is 2.34. The van der Waals surface area contributed by atoms with Gasteiger partial charge in [-0.1, -0.05) is 12.2 Å². The Balaban J connectivity index is 2.42. The summed E-state index contributed by atoms with van der Waals surface area (Å²) in [6.07, 6.45) is 2.07. The molecule has 0 bridgehead atoms. The Hall–Kier alpha value is -1.23. The van der Waals surface area contributed by atoms with Crippen LogP contribution < -0.4 is 10.6 Å². The highest BCUT2D eigenvalue weighted by molar-refractivity contribution is 7.80. The topological polar surface area (TPSA) is 29.3 Å². The van der Waals surface area contributed by atoms with E-state index in [2.05, 4.69) is 12.2 Å². The smallest absolute Gasteiger partial charge is 0.182 e. The minimum Gasteiger partial charge on any atom is -0.389 e. The van der Waals surface area contributed by atoms with Crippen LogP contribution in [0.2, 0.25) is 0 Å². The standard InChI is InChI=1S/C12H14F2N2S/c1-2-16(7-3-4-7)9-6-5-8(12(15)17)10(13)11(9)14/h5-7H,2-4H2,1H3,(H2,15,17). The van der Waals surface area contributed by atoms with Gasteiger partial charge in [-0.05, 0) is 31.9 Å². The minimum atomic E-state index is -0.950. The number of nitrogens with two attached hydrogens (primary N) is 1. The Bertz CT molecular complexity index is 458. The Morgan fingerprint density at radius 1 is 1.41 bits per heavy atom. The van der Waals surface area contributed by atoms with Gasteiger partial charge in [-0.2, -0.15) is 0 Å². The lowest BCUT2D eigenvalue weighted by molar-refractivity contribution is 0.504. The molecule has 0 atom stereocenters. The first-order chi connectivity index (χ1) is 8.06. The Morgan fingerprint density at radius 2 is 2.06 bits per heavy atom. The predicted molar refractivity (Wildman–Crippen MR) is 68.3 cm³/mol. The summed E-state index contributed by atoms with van der Waals surface area (Å²) in [5, 5.41) is 0. The molecule has 2 rings (SSSR count). The Labute approximate surface area is 104 Å². The summed E-state index contributed by atoms with van der Waals surface area (Å²) in [4.78, 5) is 1.75. The molecule has 0 spiro atoms. The van der Waals surface area contributed by atoms with Gasteiger partial charge in [-0.25, -0.2) is 8.78 Å². The molecule has 92 valence electrons. The summed E-state index contributed by atoms with van der Waals surface area (Å²) in [5.41, 5.74) is 5.59. The molecule has 0 radical (unpaired) electrons. The van der Waals surface area contributed by atoms with Crippen molar-refractivity contribution in [2.24, 2.45) is 5.73 Å². The van der Waals surface area contributed by atoms with Crippen molar-refractivity contribution in [3.05, 3.63) is 29.3 Å². The molecule has 2 N–H and O–H groups in total. The number of benzene rings is 1. The lowest BCUT2D eigenvalue weighted by Gasteiger charge is -2.23. The molecule has 1 aliphatic rings. The van der Waals surface area contributed by atoms with E-state index in [4.69, 9.17) is 5.73 Å². The SMILES string of the molecule is CCN(c1ccc(C(N)=S)c(F)c1F)C1CC1. The van der Waals surface area contributed by atoms with Gasteiger partial charge in [0.2, 0.25) is 0 Å². The Kier molecular flexibility index (Phi) is 3.28. The normalized spacial score (nSPS) is 14.8. The van der Waals surface area contributed by atoms with E-state index >= 15 is 0 Å². The zero-order valence-electron chi connectivity index (χ0n) is 9.54. The maximum atomic E-state index is 13.9. The highest BCUT2D eigenvalue weighted by Gasteiger charge is 2.30. The first kappa shape index (κ1) is 12.2. The fourth-order valence-electron chi connectivity index (χ4n) is 1.96. The van der Waals surface area contributed by atoms with Gasteiger partial charge in [0, 0.05) is 18.2 Å². The van der Waals surface area contributed by atoms with Crippen molar-refractivity contribution in [3.8, 4) is 0 Å². The average molecular weight is 256 g/mol. The zero-order valence-corrected chi connectivity index (χ0v) is 10.4. The second kappa shape index (κ2) is 4.56. The fraction of sp³-hybridized carbons (Fsp3) is 0.417. The van der Waals surface area contributed by atoms with Crippen molar-refractivity contribution in [2.75, 3.05) is 11.4 Å². The van der Waals surface area contributed by atoms with E-state index in [-0.39, 0.29) is 10.6 Å². The molecule has 1 saturated carbocycles. The molecule has 0 unspecified atom stereocenters. The number of halogens is 2. The molecule has 1 aliphatic carbocycles. The van der Waals surface area contributed by atoms with E-state index in [9.17, 15) is 8.78 Å². The van der Waals surface area contributed by atoms with Gasteiger partial charge < -0.3 is 10.6 Å². The summed E-state index contributed by atoms with van der Waals surface area (Å²) in [7, 11) is 0. The average Bonchev–Trinajstić information content (AvgIpc) is 3.09. The second-order valence-corrected chi connectivity index (χ2v) is 4.58. The van der Waals surface area contributed by atoms with Crippen LogP contribution >= 0.6 is 12.2 Å². The number of hydrogen-bond acceptors (Lipinski definition) is 2. The number of rotatable bonds is 4. The molecule has 2 nitrogen and oxygen atoms in total. The van der Waals surface area contributed by atoms with Crippen LogP contribution in [-0.4, -0.2) is 17.6 Å². The summed E-state index contributed by atoms with van der Waals surface area (Å²) in [6, 6.07) is 3.33. The van der Waals surface area contributed by atoms with Gasteiger partial charge >= 0.3 is 0 Å². The van der Waals surface area contributed by atoms with Crippen molar-refractivity contribution < 1.29 is 8.78 Å². The van der Waals surface area contributed by atoms with Gasteiger partial charge in [-0.3, -0.25) is 0 Å². The number of anilines is 1. The lowest BCUT2D eigenvalue weighted by Crippen LogP contribution is -2.27. The maximum absolute atomic E-state index is 13.9. The fourth-order valence-corrected chi connectivity index (χ4v) is 2.12. The van der Waals surface area contributed by atoms with E-state index in [1.807, 2.05) is 11.8 Å². The number of thiocarbonyl (C=S) groups is 1. The predicted octanol–water partition coefficient (Wildman–Crippen LogP) is 2.59. The van der Waals surface area contributed by atoms with Crippen molar-refractivity contribution in [3.63, 3.8) is 0 Å². The van der Waals surface area contributed by atoms with Crippen LogP contribution in [0, 0.1) is 11.6 Å². The molecule has 1 aromatic carbocycles. The van der Waals surface area contributed by atoms with Crippen LogP contribution in [0.25, 0.3) is 0 Å². The number of nitrogens with zero attached hydrogens (tertiary/aromatic N) is 1. The number of hydrogen-bond donors (Lipinski definition) is 1. The Morgan fingerprint density at radius 3 is 2.53 bits per heavy atom. The molecule has 1 aromatic rings. The molecule has 0 aromatic heterocycles. The van der Waals surface area contributed by atoms with E-state index in [0.717, 1.165) is 12.8 Å². The van der Waals surface area contributed by atoms with Crippen LogP contribution in [0.1, 0.15) is 25.3 Å². The van der Waals surface area contributed by atoms with Crippen LogP contribution in [0.15, 0.2) is 12.1 Å². The molecule has 0 heterocycles.